The minimum Gasteiger partial charge on any atom is -0.208 e. The van der Waals surface area contributed by atoms with Crippen LogP contribution in [0, 0.1) is 5.41 Å². The van der Waals surface area contributed by atoms with E-state index < -0.39 is 0 Å². The van der Waals surface area contributed by atoms with Crippen LogP contribution in [0.3, 0.4) is 0 Å². The molecule has 0 aliphatic carbocycles. The van der Waals surface area contributed by atoms with Crippen molar-refractivity contribution in [2.24, 2.45) is 5.41 Å². The zero-order chi connectivity index (χ0) is 25.1. The third-order valence-electron chi connectivity index (χ3n) is 5.99. The van der Waals surface area contributed by atoms with Crippen molar-refractivity contribution in [2.45, 2.75) is 47.0 Å². The summed E-state index contributed by atoms with van der Waals surface area (Å²) in [4.78, 5) is 2.51. The van der Waals surface area contributed by atoms with E-state index in [0.717, 1.165) is 17.1 Å². The molecule has 1 aromatic heterocycles. The maximum atomic E-state index is 6.30. The van der Waals surface area contributed by atoms with E-state index in [1.165, 1.54) is 26.5 Å². The molecule has 0 bridgehead atoms. The molecule has 0 fully saturated rings. The van der Waals surface area contributed by atoms with E-state index in [4.69, 9.17) is 4.42 Å². The fraction of sp³-hybridized carbons (Fsp3) is 0.242. The highest BCUT2D eigenvalue weighted by Gasteiger charge is 2.23. The average molecular weight is 480 g/mol. The van der Waals surface area contributed by atoms with Gasteiger partial charge in [-0.05, 0) is 57.9 Å². The van der Waals surface area contributed by atoms with Crippen molar-refractivity contribution in [2.75, 3.05) is 0 Å². The van der Waals surface area contributed by atoms with Crippen LogP contribution in [0.25, 0.3) is 22.3 Å². The van der Waals surface area contributed by atoms with Gasteiger partial charge < -0.3 is 0 Å². The molecule has 0 spiro atoms. The Labute approximate surface area is 215 Å². The van der Waals surface area contributed by atoms with Crippen molar-refractivity contribution >= 4 is 22.7 Å². The van der Waals surface area contributed by atoms with E-state index in [1.54, 1.807) is 0 Å². The van der Waals surface area contributed by atoms with Crippen LogP contribution < -0.4 is 0 Å². The molecule has 1 aliphatic heterocycles. The van der Waals surface area contributed by atoms with Crippen LogP contribution in [-0.2, 0) is 5.41 Å². The highest BCUT2D eigenvalue weighted by molar-refractivity contribution is 8.12. The molecule has 1 aliphatic rings. The smallest absolute Gasteiger partial charge is 0.208 e. The van der Waals surface area contributed by atoms with E-state index in [-0.39, 0.29) is 10.8 Å². The molecule has 1 nitrogen and oxygen atoms in total. The normalized spacial score (nSPS) is 15.9. The van der Waals surface area contributed by atoms with E-state index in [9.17, 15) is 0 Å². The molecule has 4 rings (SSSR count). The zero-order valence-corrected chi connectivity index (χ0v) is 22.4. The van der Waals surface area contributed by atoms with Crippen LogP contribution in [-0.4, -0.2) is 0 Å². The van der Waals surface area contributed by atoms with Crippen LogP contribution in [0.15, 0.2) is 112 Å². The first kappa shape index (κ1) is 25.0. The number of hydrogen-bond acceptors (Lipinski definition) is 1. The van der Waals surface area contributed by atoms with E-state index in [1.807, 2.05) is 30.0 Å². The van der Waals surface area contributed by atoms with Crippen molar-refractivity contribution in [3.8, 4) is 11.3 Å². The Kier molecular flexibility index (Phi) is 7.33. The minimum absolute atomic E-state index is 0.0281. The highest BCUT2D eigenvalue weighted by atomic mass is 32.2. The van der Waals surface area contributed by atoms with Crippen LogP contribution >= 0.6 is 11.8 Å². The summed E-state index contributed by atoms with van der Waals surface area (Å²) in [6.07, 6.45) is 11.0. The summed E-state index contributed by atoms with van der Waals surface area (Å²) in [6, 6.07) is 25.3. The average Bonchev–Trinajstić information content (AvgIpc) is 2.84. The van der Waals surface area contributed by atoms with E-state index in [2.05, 4.69) is 127 Å². The lowest BCUT2D eigenvalue weighted by atomic mass is 9.85. The zero-order valence-electron chi connectivity index (χ0n) is 21.6. The molecule has 2 heteroatoms. The van der Waals surface area contributed by atoms with Crippen LogP contribution in [0.1, 0.15) is 58.4 Å². The molecule has 0 N–H and O–H groups in total. The molecular formula is C33H35OS+. The fourth-order valence-corrected chi connectivity index (χ4v) is 4.83. The lowest BCUT2D eigenvalue weighted by Crippen LogP contribution is -2.11. The van der Waals surface area contributed by atoms with Gasteiger partial charge in [-0.15, -0.1) is 0 Å². The van der Waals surface area contributed by atoms with Gasteiger partial charge >= 0.3 is 11.5 Å². The Bertz CT molecular complexity index is 1290. The molecule has 0 radical (unpaired) electrons. The molecule has 0 atom stereocenters. The van der Waals surface area contributed by atoms with Gasteiger partial charge in [0.1, 0.15) is 0 Å². The summed E-state index contributed by atoms with van der Waals surface area (Å²) in [7, 11) is 0. The van der Waals surface area contributed by atoms with Gasteiger partial charge in [0, 0.05) is 28.0 Å². The van der Waals surface area contributed by atoms with Gasteiger partial charge in [0.15, 0.2) is 0 Å². The summed E-state index contributed by atoms with van der Waals surface area (Å²) in [5, 5.41) is 0. The van der Waals surface area contributed by atoms with E-state index in [0.29, 0.717) is 0 Å². The topological polar surface area (TPSA) is 11.3 Å². The maximum Gasteiger partial charge on any atom is 0.361 e. The molecule has 0 amide bonds. The highest BCUT2D eigenvalue weighted by Crippen LogP contribution is 2.43. The first-order chi connectivity index (χ1) is 16.6. The van der Waals surface area contributed by atoms with Crippen LogP contribution in [0.2, 0.25) is 0 Å². The standard InChI is InChI=1S/C33H35OS/c1-32(2,3)26-20-28(34-30(22-26)24-14-9-7-10-15-24)18-13-19-29-21-27(33(4,5)6)23-31(35-29)25-16-11-8-12-17-25/h7-23H,1-6H3/q+1/b18-13+,29-19+. The first-order valence-corrected chi connectivity index (χ1v) is 13.0. The Hall–Kier alpha value is -3.10. The second kappa shape index (κ2) is 10.3. The van der Waals surface area contributed by atoms with Gasteiger partial charge in [-0.1, -0.05) is 108 Å². The van der Waals surface area contributed by atoms with Gasteiger partial charge in [-0.3, -0.25) is 0 Å². The van der Waals surface area contributed by atoms with Crippen molar-refractivity contribution in [3.05, 3.63) is 124 Å². The quantitative estimate of drug-likeness (QED) is 0.345. The van der Waals surface area contributed by atoms with Gasteiger partial charge in [0.05, 0.1) is 5.56 Å². The summed E-state index contributed by atoms with van der Waals surface area (Å²) in [6.45, 7) is 13.5. The monoisotopic (exact) mass is 479 g/mol. The van der Waals surface area contributed by atoms with Crippen molar-refractivity contribution < 1.29 is 4.42 Å². The van der Waals surface area contributed by atoms with Gasteiger partial charge in [-0.2, -0.15) is 0 Å². The van der Waals surface area contributed by atoms with Gasteiger partial charge in [0.25, 0.3) is 0 Å². The third-order valence-corrected chi connectivity index (χ3v) is 7.06. The maximum absolute atomic E-state index is 6.30. The number of allylic oxidation sites excluding steroid dienone is 5. The Balaban J connectivity index is 1.68. The Morgan fingerprint density at radius 1 is 0.714 bits per heavy atom. The molecular weight excluding hydrogens is 444 g/mol. The number of thioether (sulfide) groups is 1. The summed E-state index contributed by atoms with van der Waals surface area (Å²) < 4.78 is 6.30. The van der Waals surface area contributed by atoms with Crippen LogP contribution in [0.5, 0.6) is 0 Å². The van der Waals surface area contributed by atoms with E-state index >= 15 is 0 Å². The van der Waals surface area contributed by atoms with Gasteiger partial charge in [0.2, 0.25) is 0 Å². The van der Waals surface area contributed by atoms with Crippen LogP contribution in [0.4, 0.5) is 0 Å². The largest absolute Gasteiger partial charge is 0.361 e. The SMILES string of the molecule is CC(C)(C)C1=C/C(=C\C=C\c2cc(C(C)(C)C)cc(-c3ccccc3)[o+]2)SC(c2ccccc2)=C1. The van der Waals surface area contributed by atoms with Crippen molar-refractivity contribution in [3.63, 3.8) is 0 Å². The Morgan fingerprint density at radius 2 is 1.34 bits per heavy atom. The predicted molar refractivity (Wildman–Crippen MR) is 154 cm³/mol. The molecule has 2 aromatic carbocycles. The number of benzene rings is 2. The van der Waals surface area contributed by atoms with Crippen molar-refractivity contribution in [1.82, 2.24) is 0 Å². The summed E-state index contributed by atoms with van der Waals surface area (Å²) in [5.41, 5.74) is 5.03. The van der Waals surface area contributed by atoms with Gasteiger partial charge in [-0.25, -0.2) is 4.42 Å². The fourth-order valence-electron chi connectivity index (χ4n) is 3.80. The first-order valence-electron chi connectivity index (χ1n) is 12.2. The molecule has 3 aromatic rings. The molecule has 0 unspecified atom stereocenters. The lowest BCUT2D eigenvalue weighted by Gasteiger charge is -2.25. The summed E-state index contributed by atoms with van der Waals surface area (Å²) >= 11 is 1.81. The lowest BCUT2D eigenvalue weighted by molar-refractivity contribution is 0.517. The third kappa shape index (κ3) is 6.52. The molecule has 2 heterocycles. The second-order valence-corrected chi connectivity index (χ2v) is 12.1. The number of hydrogen-bond donors (Lipinski definition) is 0. The predicted octanol–water partition coefficient (Wildman–Crippen LogP) is 10.2. The second-order valence-electron chi connectivity index (χ2n) is 11.0. The molecule has 35 heavy (non-hydrogen) atoms. The summed E-state index contributed by atoms with van der Waals surface area (Å²) in [5.74, 6) is 1.74. The molecule has 0 saturated carbocycles. The number of rotatable bonds is 4. The molecule has 178 valence electrons. The molecule has 0 saturated heterocycles. The minimum atomic E-state index is 0.0281. The Morgan fingerprint density at radius 3 is 1.94 bits per heavy atom. The van der Waals surface area contributed by atoms with Crippen molar-refractivity contribution in [1.29, 1.82) is 0 Å².